The molecule has 0 N–H and O–H groups in total. The minimum absolute atomic E-state index is 0.409. The van der Waals surface area contributed by atoms with Crippen molar-refractivity contribution in [2.24, 2.45) is 0 Å². The number of hydrogen-bond acceptors (Lipinski definition) is 3. The van der Waals surface area contributed by atoms with E-state index in [2.05, 4.69) is 4.52 Å². The van der Waals surface area contributed by atoms with Crippen LogP contribution in [0.2, 0.25) is 0 Å². The molecule has 13 heavy (non-hydrogen) atoms. The minimum Gasteiger partial charge on any atom is -0.426 e. The van der Waals surface area contributed by atoms with E-state index in [1.54, 1.807) is 30.3 Å². The topological polar surface area (TPSA) is 35.5 Å². The van der Waals surface area contributed by atoms with Crippen molar-refractivity contribution in [2.45, 2.75) is 13.3 Å². The SMILES string of the molecule is CC(F)O[PH](=O)Oc1ccccc1. The zero-order chi connectivity index (χ0) is 9.68. The first-order chi connectivity index (χ1) is 6.18. The van der Waals surface area contributed by atoms with Gasteiger partial charge >= 0.3 is 8.25 Å². The summed E-state index contributed by atoms with van der Waals surface area (Å²) >= 11 is 0. The summed E-state index contributed by atoms with van der Waals surface area (Å²) < 4.78 is 32.2. The zero-order valence-corrected chi connectivity index (χ0v) is 8.07. The molecule has 0 aliphatic heterocycles. The third-order valence-electron chi connectivity index (χ3n) is 1.20. The summed E-state index contributed by atoms with van der Waals surface area (Å²) in [6.07, 6.45) is -1.57. The summed E-state index contributed by atoms with van der Waals surface area (Å²) in [6, 6.07) is 8.49. The summed E-state index contributed by atoms with van der Waals surface area (Å²) in [5.74, 6) is 0.409. The number of hydrogen-bond donors (Lipinski definition) is 0. The molecule has 1 aromatic carbocycles. The lowest BCUT2D eigenvalue weighted by Crippen LogP contribution is -1.94. The van der Waals surface area contributed by atoms with E-state index >= 15 is 0 Å². The maximum atomic E-state index is 12.2. The number of benzene rings is 1. The van der Waals surface area contributed by atoms with Crippen LogP contribution < -0.4 is 4.52 Å². The Balaban J connectivity index is 2.46. The van der Waals surface area contributed by atoms with Crippen molar-refractivity contribution in [3.63, 3.8) is 0 Å². The third kappa shape index (κ3) is 4.06. The second-order valence-electron chi connectivity index (χ2n) is 2.33. The van der Waals surface area contributed by atoms with Crippen molar-refractivity contribution in [2.75, 3.05) is 0 Å². The molecule has 0 saturated heterocycles. The third-order valence-corrected chi connectivity index (χ3v) is 2.12. The van der Waals surface area contributed by atoms with E-state index in [1.165, 1.54) is 0 Å². The van der Waals surface area contributed by atoms with E-state index in [1.807, 2.05) is 0 Å². The van der Waals surface area contributed by atoms with Gasteiger partial charge in [-0.15, -0.1) is 0 Å². The van der Waals surface area contributed by atoms with Gasteiger partial charge in [-0.05, 0) is 19.1 Å². The van der Waals surface area contributed by atoms with Gasteiger partial charge < -0.3 is 4.52 Å². The summed E-state index contributed by atoms with van der Waals surface area (Å²) in [4.78, 5) is 0. The molecule has 1 rings (SSSR count). The summed E-state index contributed by atoms with van der Waals surface area (Å²) in [7, 11) is -2.77. The van der Waals surface area contributed by atoms with Crippen LogP contribution in [-0.4, -0.2) is 6.36 Å². The lowest BCUT2D eigenvalue weighted by molar-refractivity contribution is 0.0836. The van der Waals surface area contributed by atoms with Crippen LogP contribution in [0.5, 0.6) is 5.75 Å². The molecule has 2 unspecified atom stereocenters. The number of halogens is 1. The van der Waals surface area contributed by atoms with E-state index in [0.29, 0.717) is 5.75 Å². The van der Waals surface area contributed by atoms with Gasteiger partial charge in [0.1, 0.15) is 5.75 Å². The summed E-state index contributed by atoms with van der Waals surface area (Å²) in [6.45, 7) is 1.15. The van der Waals surface area contributed by atoms with Gasteiger partial charge in [0.2, 0.25) is 6.36 Å². The van der Waals surface area contributed by atoms with E-state index in [9.17, 15) is 8.96 Å². The maximum absolute atomic E-state index is 12.2. The molecule has 5 heteroatoms. The van der Waals surface area contributed by atoms with Crippen molar-refractivity contribution in [1.29, 1.82) is 0 Å². The molecule has 0 saturated carbocycles. The molecule has 0 aliphatic rings. The van der Waals surface area contributed by atoms with E-state index < -0.39 is 14.6 Å². The second kappa shape index (κ2) is 5.00. The minimum atomic E-state index is -2.77. The molecular formula is C8H10FO3P. The molecular weight excluding hydrogens is 194 g/mol. The monoisotopic (exact) mass is 204 g/mol. The highest BCUT2D eigenvalue weighted by Crippen LogP contribution is 2.29. The van der Waals surface area contributed by atoms with Gasteiger partial charge in [0.25, 0.3) is 0 Å². The lowest BCUT2D eigenvalue weighted by Gasteiger charge is -2.06. The van der Waals surface area contributed by atoms with Crippen molar-refractivity contribution in [1.82, 2.24) is 0 Å². The molecule has 72 valence electrons. The summed E-state index contributed by atoms with van der Waals surface area (Å²) in [5.41, 5.74) is 0. The first-order valence-corrected chi connectivity index (χ1v) is 4.98. The molecule has 0 bridgehead atoms. The Labute approximate surface area is 76.4 Å². The normalized spacial score (nSPS) is 14.9. The number of para-hydroxylation sites is 1. The summed E-state index contributed by atoms with van der Waals surface area (Å²) in [5, 5.41) is 0. The van der Waals surface area contributed by atoms with Crippen LogP contribution in [0, 0.1) is 0 Å². The quantitative estimate of drug-likeness (QED) is 0.707. The lowest BCUT2D eigenvalue weighted by atomic mass is 10.3. The van der Waals surface area contributed by atoms with Crippen LogP contribution >= 0.6 is 8.25 Å². The predicted octanol–water partition coefficient (Wildman–Crippen LogP) is 2.79. The fourth-order valence-corrected chi connectivity index (χ4v) is 1.38. The highest BCUT2D eigenvalue weighted by molar-refractivity contribution is 7.33. The van der Waals surface area contributed by atoms with Crippen LogP contribution in [0.3, 0.4) is 0 Å². The van der Waals surface area contributed by atoms with Gasteiger partial charge in [0, 0.05) is 0 Å². The van der Waals surface area contributed by atoms with Gasteiger partial charge in [-0.2, -0.15) is 0 Å². The fraction of sp³-hybridized carbons (Fsp3) is 0.250. The molecule has 0 amide bonds. The molecule has 0 heterocycles. The van der Waals surface area contributed by atoms with Gasteiger partial charge in [0.05, 0.1) is 0 Å². The largest absolute Gasteiger partial charge is 0.426 e. The standard InChI is InChI=1S/C8H10FO3P/c1-7(9)11-13(10)12-8-5-3-2-4-6-8/h2-7,13H,1H3. The Kier molecular flexibility index (Phi) is 3.93. The van der Waals surface area contributed by atoms with Gasteiger partial charge in [0.15, 0.2) is 0 Å². The smallest absolute Gasteiger partial charge is 0.370 e. The average molecular weight is 204 g/mol. The average Bonchev–Trinajstić information content (AvgIpc) is 2.04. The first kappa shape index (κ1) is 10.2. The number of rotatable bonds is 4. The Morgan fingerprint density at radius 3 is 2.54 bits per heavy atom. The van der Waals surface area contributed by atoms with Crippen LogP contribution in [0.1, 0.15) is 6.92 Å². The first-order valence-electron chi connectivity index (χ1n) is 3.76. The Hall–Kier alpha value is -0.860. The zero-order valence-electron chi connectivity index (χ0n) is 7.07. The molecule has 1 aromatic rings. The van der Waals surface area contributed by atoms with Gasteiger partial charge in [-0.25, -0.2) is 8.96 Å². The van der Waals surface area contributed by atoms with Crippen molar-refractivity contribution in [3.8, 4) is 5.75 Å². The highest BCUT2D eigenvalue weighted by Gasteiger charge is 2.05. The van der Waals surface area contributed by atoms with Gasteiger partial charge in [-0.3, -0.25) is 4.52 Å². The van der Waals surface area contributed by atoms with Crippen LogP contribution in [-0.2, 0) is 9.09 Å². The van der Waals surface area contributed by atoms with E-state index in [0.717, 1.165) is 6.92 Å². The number of alkyl halides is 1. The molecule has 0 radical (unpaired) electrons. The van der Waals surface area contributed by atoms with Gasteiger partial charge in [-0.1, -0.05) is 18.2 Å². The van der Waals surface area contributed by atoms with Crippen LogP contribution in [0.4, 0.5) is 4.39 Å². The van der Waals surface area contributed by atoms with E-state index in [4.69, 9.17) is 4.52 Å². The Morgan fingerprint density at radius 2 is 2.00 bits per heavy atom. The fourth-order valence-electron chi connectivity index (χ4n) is 0.741. The predicted molar refractivity (Wildman–Crippen MR) is 47.7 cm³/mol. The Bertz CT molecular complexity index is 276. The second-order valence-corrected chi connectivity index (χ2v) is 3.27. The van der Waals surface area contributed by atoms with Crippen molar-refractivity contribution < 1.29 is 18.0 Å². The van der Waals surface area contributed by atoms with Crippen molar-refractivity contribution in [3.05, 3.63) is 30.3 Å². The molecule has 0 fully saturated rings. The van der Waals surface area contributed by atoms with Crippen LogP contribution in [0.15, 0.2) is 30.3 Å². The molecule has 0 spiro atoms. The highest BCUT2D eigenvalue weighted by atomic mass is 31.1. The molecule has 0 aromatic heterocycles. The maximum Gasteiger partial charge on any atom is 0.370 e. The molecule has 3 nitrogen and oxygen atoms in total. The Morgan fingerprint density at radius 1 is 1.38 bits per heavy atom. The van der Waals surface area contributed by atoms with Crippen LogP contribution in [0.25, 0.3) is 0 Å². The molecule has 2 atom stereocenters. The molecule has 0 aliphatic carbocycles. The van der Waals surface area contributed by atoms with Crippen molar-refractivity contribution >= 4 is 8.25 Å². The van der Waals surface area contributed by atoms with E-state index in [-0.39, 0.29) is 0 Å².